The predicted octanol–water partition coefficient (Wildman–Crippen LogP) is -0.617. The van der Waals surface area contributed by atoms with Crippen molar-refractivity contribution in [2.45, 2.75) is 25.8 Å². The quantitative estimate of drug-likeness (QED) is 0.518. The third-order valence-corrected chi connectivity index (χ3v) is 2.29. The van der Waals surface area contributed by atoms with Gasteiger partial charge in [-0.15, -0.1) is 0 Å². The van der Waals surface area contributed by atoms with Gasteiger partial charge < -0.3 is 25.8 Å². The lowest BCUT2D eigenvalue weighted by Gasteiger charge is -2.24. The van der Waals surface area contributed by atoms with Crippen molar-refractivity contribution in [3.05, 3.63) is 0 Å². The Kier molecular flexibility index (Phi) is 8.27. The third-order valence-electron chi connectivity index (χ3n) is 2.29. The van der Waals surface area contributed by atoms with E-state index >= 15 is 0 Å². The summed E-state index contributed by atoms with van der Waals surface area (Å²) in [5, 5.41) is 11.3. The summed E-state index contributed by atoms with van der Waals surface area (Å²) in [5.41, 5.74) is 4.98. The van der Waals surface area contributed by atoms with Gasteiger partial charge in [0.05, 0.1) is 12.6 Å². The second-order valence-electron chi connectivity index (χ2n) is 4.11. The van der Waals surface area contributed by atoms with Crippen LogP contribution in [0.4, 0.5) is 4.79 Å². The van der Waals surface area contributed by atoms with Gasteiger partial charge >= 0.3 is 12.0 Å². The Morgan fingerprint density at radius 2 is 2.00 bits per heavy atom. The van der Waals surface area contributed by atoms with E-state index in [1.807, 2.05) is 6.92 Å². The number of nitrogens with zero attached hydrogens (tertiary/aromatic N) is 1. The number of carboxylic acid groups (broad SMARTS) is 1. The van der Waals surface area contributed by atoms with Crippen LogP contribution < -0.4 is 11.1 Å². The van der Waals surface area contributed by atoms with Crippen molar-refractivity contribution in [1.29, 1.82) is 0 Å². The van der Waals surface area contributed by atoms with E-state index in [1.165, 1.54) is 7.11 Å². The minimum Gasteiger partial charge on any atom is -0.480 e. The van der Waals surface area contributed by atoms with Crippen LogP contribution in [0.5, 0.6) is 0 Å². The van der Waals surface area contributed by atoms with Crippen LogP contribution in [0.1, 0.15) is 19.8 Å². The van der Waals surface area contributed by atoms with Gasteiger partial charge in [-0.2, -0.15) is 0 Å². The third kappa shape index (κ3) is 7.98. The van der Waals surface area contributed by atoms with E-state index < -0.39 is 31.0 Å². The zero-order valence-electron chi connectivity index (χ0n) is 11.2. The summed E-state index contributed by atoms with van der Waals surface area (Å²) in [4.78, 5) is 34.2. The lowest BCUT2D eigenvalue weighted by atomic mass is 10.2. The van der Waals surface area contributed by atoms with Gasteiger partial charge in [-0.3, -0.25) is 9.59 Å². The lowest BCUT2D eigenvalue weighted by molar-refractivity contribution is -0.137. The molecule has 0 spiro atoms. The zero-order valence-corrected chi connectivity index (χ0v) is 11.2. The molecule has 0 radical (unpaired) electrons. The fraction of sp³-hybridized carbons (Fsp3) is 0.727. The van der Waals surface area contributed by atoms with Gasteiger partial charge in [0.2, 0.25) is 5.91 Å². The fourth-order valence-corrected chi connectivity index (χ4v) is 1.56. The lowest BCUT2D eigenvalue weighted by Crippen LogP contribution is -2.50. The molecule has 8 heteroatoms. The van der Waals surface area contributed by atoms with E-state index in [1.54, 1.807) is 0 Å². The largest absolute Gasteiger partial charge is 0.480 e. The molecule has 0 rings (SSSR count). The number of amides is 3. The SMILES string of the molecule is CCCC(COC)NC(=O)N(CC(N)=O)CC(=O)O. The summed E-state index contributed by atoms with van der Waals surface area (Å²) in [6.45, 7) is 1.24. The van der Waals surface area contributed by atoms with Crippen LogP contribution in [0.3, 0.4) is 0 Å². The van der Waals surface area contributed by atoms with E-state index in [4.69, 9.17) is 15.6 Å². The number of urea groups is 1. The minimum absolute atomic E-state index is 0.230. The number of ether oxygens (including phenoxy) is 1. The Bertz CT molecular complexity index is 299. The number of methoxy groups -OCH3 is 1. The standard InChI is InChI=1S/C11H21N3O5/c1-3-4-8(7-19-2)13-11(18)14(5-9(12)15)6-10(16)17/h8H,3-7H2,1-2H3,(H2,12,15)(H,13,18)(H,16,17). The Morgan fingerprint density at radius 3 is 2.42 bits per heavy atom. The monoisotopic (exact) mass is 275 g/mol. The number of carboxylic acids is 1. The van der Waals surface area contributed by atoms with E-state index in [0.717, 1.165) is 11.3 Å². The van der Waals surface area contributed by atoms with E-state index in [9.17, 15) is 14.4 Å². The van der Waals surface area contributed by atoms with Gasteiger partial charge in [0.25, 0.3) is 0 Å². The molecule has 0 aromatic carbocycles. The second-order valence-corrected chi connectivity index (χ2v) is 4.11. The van der Waals surface area contributed by atoms with Crippen LogP contribution in [-0.2, 0) is 14.3 Å². The van der Waals surface area contributed by atoms with Crippen LogP contribution in [0, 0.1) is 0 Å². The van der Waals surface area contributed by atoms with E-state index in [2.05, 4.69) is 5.32 Å². The van der Waals surface area contributed by atoms with Crippen LogP contribution in [0.15, 0.2) is 0 Å². The van der Waals surface area contributed by atoms with Crippen molar-refractivity contribution in [2.75, 3.05) is 26.8 Å². The highest BCUT2D eigenvalue weighted by molar-refractivity contribution is 5.86. The number of primary amides is 1. The van der Waals surface area contributed by atoms with Gasteiger partial charge in [0.15, 0.2) is 0 Å². The first-order valence-corrected chi connectivity index (χ1v) is 5.95. The average Bonchev–Trinajstić information content (AvgIpc) is 2.27. The molecular formula is C11H21N3O5. The van der Waals surface area contributed by atoms with Crippen molar-refractivity contribution in [1.82, 2.24) is 10.2 Å². The maximum absolute atomic E-state index is 11.9. The molecule has 0 aromatic rings. The molecule has 0 aliphatic rings. The van der Waals surface area contributed by atoms with E-state index in [-0.39, 0.29) is 6.04 Å². The molecule has 0 fully saturated rings. The van der Waals surface area contributed by atoms with Gasteiger partial charge in [-0.1, -0.05) is 13.3 Å². The van der Waals surface area contributed by atoms with Crippen LogP contribution in [0.2, 0.25) is 0 Å². The van der Waals surface area contributed by atoms with Gasteiger partial charge in [0, 0.05) is 7.11 Å². The Morgan fingerprint density at radius 1 is 1.37 bits per heavy atom. The predicted molar refractivity (Wildman–Crippen MR) is 67.5 cm³/mol. The Labute approximate surface area is 111 Å². The highest BCUT2D eigenvalue weighted by Gasteiger charge is 2.21. The summed E-state index contributed by atoms with van der Waals surface area (Å²) in [5.74, 6) is -1.98. The number of nitrogens with two attached hydrogens (primary N) is 1. The number of aliphatic carboxylic acids is 1. The Hall–Kier alpha value is -1.83. The number of rotatable bonds is 9. The Balaban J connectivity index is 4.58. The van der Waals surface area contributed by atoms with Crippen molar-refractivity contribution in [3.8, 4) is 0 Å². The molecule has 110 valence electrons. The summed E-state index contributed by atoms with van der Waals surface area (Å²) in [6, 6.07) is -0.872. The molecule has 0 saturated carbocycles. The number of hydrogen-bond acceptors (Lipinski definition) is 4. The first kappa shape index (κ1) is 17.2. The molecule has 0 aromatic heterocycles. The smallest absolute Gasteiger partial charge is 0.323 e. The first-order chi connectivity index (χ1) is 8.90. The van der Waals surface area contributed by atoms with Gasteiger partial charge in [0.1, 0.15) is 13.1 Å². The van der Waals surface area contributed by atoms with Crippen LogP contribution in [0.25, 0.3) is 0 Å². The molecule has 1 atom stereocenters. The molecule has 1 unspecified atom stereocenters. The maximum Gasteiger partial charge on any atom is 0.323 e. The number of nitrogens with one attached hydrogen (secondary N) is 1. The van der Waals surface area contributed by atoms with Crippen molar-refractivity contribution in [3.63, 3.8) is 0 Å². The normalized spacial score (nSPS) is 11.7. The molecule has 0 saturated heterocycles. The minimum atomic E-state index is -1.21. The summed E-state index contributed by atoms with van der Waals surface area (Å²) in [6.07, 6.45) is 1.53. The molecule has 0 aliphatic heterocycles. The summed E-state index contributed by atoms with van der Waals surface area (Å²) >= 11 is 0. The summed E-state index contributed by atoms with van der Waals surface area (Å²) in [7, 11) is 1.51. The maximum atomic E-state index is 11.9. The van der Waals surface area contributed by atoms with Crippen molar-refractivity contribution in [2.24, 2.45) is 5.73 Å². The first-order valence-electron chi connectivity index (χ1n) is 5.95. The molecule has 19 heavy (non-hydrogen) atoms. The fourth-order valence-electron chi connectivity index (χ4n) is 1.56. The highest BCUT2D eigenvalue weighted by atomic mass is 16.5. The molecule has 8 nitrogen and oxygen atoms in total. The molecular weight excluding hydrogens is 254 g/mol. The van der Waals surface area contributed by atoms with E-state index in [0.29, 0.717) is 13.0 Å². The van der Waals surface area contributed by atoms with Gasteiger partial charge in [-0.25, -0.2) is 4.79 Å². The van der Waals surface area contributed by atoms with Crippen LogP contribution >= 0.6 is 0 Å². The average molecular weight is 275 g/mol. The topological polar surface area (TPSA) is 122 Å². The number of hydrogen-bond donors (Lipinski definition) is 3. The molecule has 4 N–H and O–H groups in total. The summed E-state index contributed by atoms with van der Waals surface area (Å²) < 4.78 is 4.96. The van der Waals surface area contributed by atoms with Crippen molar-refractivity contribution >= 4 is 17.9 Å². The zero-order chi connectivity index (χ0) is 14.8. The van der Waals surface area contributed by atoms with Crippen molar-refractivity contribution < 1.29 is 24.2 Å². The molecule has 3 amide bonds. The molecule has 0 aliphatic carbocycles. The highest BCUT2D eigenvalue weighted by Crippen LogP contribution is 1.99. The number of carbonyl (C=O) groups excluding carboxylic acids is 2. The van der Waals surface area contributed by atoms with Gasteiger partial charge in [-0.05, 0) is 6.42 Å². The second kappa shape index (κ2) is 9.15. The number of carbonyl (C=O) groups is 3. The molecule has 0 bridgehead atoms. The van der Waals surface area contributed by atoms with Crippen LogP contribution in [-0.4, -0.2) is 60.8 Å². The molecule has 0 heterocycles.